The number of methoxy groups -OCH3 is 1. The van der Waals surface area contributed by atoms with Crippen molar-refractivity contribution < 1.29 is 19.4 Å². The van der Waals surface area contributed by atoms with Crippen LogP contribution in [0.25, 0.3) is 0 Å². The van der Waals surface area contributed by atoms with Gasteiger partial charge in [-0.05, 0) is 26.2 Å². The van der Waals surface area contributed by atoms with Gasteiger partial charge in [-0.1, -0.05) is 0 Å². The highest BCUT2D eigenvalue weighted by atomic mass is 16.5. The fraction of sp³-hybridized carbons (Fsp3) is 0.900. The van der Waals surface area contributed by atoms with E-state index < -0.39 is 17.5 Å². The molecule has 1 fully saturated rings. The molecule has 0 aromatic carbocycles. The SMILES string of the molecule is COCC1(C(C)C(=O)O)CCCCO1. The summed E-state index contributed by atoms with van der Waals surface area (Å²) in [5, 5.41) is 8.99. The molecule has 1 rings (SSSR count). The molecule has 4 heteroatoms. The molecule has 0 bridgehead atoms. The summed E-state index contributed by atoms with van der Waals surface area (Å²) in [4.78, 5) is 10.9. The largest absolute Gasteiger partial charge is 0.481 e. The van der Waals surface area contributed by atoms with Crippen LogP contribution in [0.2, 0.25) is 0 Å². The van der Waals surface area contributed by atoms with Crippen LogP contribution in [0, 0.1) is 5.92 Å². The molecule has 0 spiro atoms. The zero-order chi connectivity index (χ0) is 10.6. The Bertz CT molecular complexity index is 191. The van der Waals surface area contributed by atoms with Gasteiger partial charge >= 0.3 is 5.97 Å². The maximum atomic E-state index is 10.9. The second kappa shape index (κ2) is 4.75. The summed E-state index contributed by atoms with van der Waals surface area (Å²) in [7, 11) is 1.58. The van der Waals surface area contributed by atoms with Crippen LogP contribution in [-0.4, -0.2) is 37.0 Å². The van der Waals surface area contributed by atoms with E-state index >= 15 is 0 Å². The predicted molar refractivity (Wildman–Crippen MR) is 51.2 cm³/mol. The second-order valence-corrected chi connectivity index (χ2v) is 3.86. The van der Waals surface area contributed by atoms with Gasteiger partial charge in [0.2, 0.25) is 0 Å². The number of carbonyl (C=O) groups is 1. The van der Waals surface area contributed by atoms with Crippen LogP contribution in [0.15, 0.2) is 0 Å². The molecule has 1 heterocycles. The van der Waals surface area contributed by atoms with Crippen molar-refractivity contribution in [1.82, 2.24) is 0 Å². The lowest BCUT2D eigenvalue weighted by Crippen LogP contribution is -2.49. The molecule has 1 saturated heterocycles. The predicted octanol–water partition coefficient (Wildman–Crippen LogP) is 1.29. The smallest absolute Gasteiger partial charge is 0.309 e. The minimum atomic E-state index is -0.816. The van der Waals surface area contributed by atoms with E-state index in [2.05, 4.69) is 0 Å². The molecule has 14 heavy (non-hydrogen) atoms. The molecule has 0 aliphatic carbocycles. The van der Waals surface area contributed by atoms with Crippen molar-refractivity contribution in [2.75, 3.05) is 20.3 Å². The average molecular weight is 202 g/mol. The first kappa shape index (κ1) is 11.5. The Morgan fingerprint density at radius 1 is 1.64 bits per heavy atom. The van der Waals surface area contributed by atoms with Crippen LogP contribution in [0.3, 0.4) is 0 Å². The van der Waals surface area contributed by atoms with Gasteiger partial charge in [0.25, 0.3) is 0 Å². The molecule has 82 valence electrons. The number of rotatable bonds is 4. The van der Waals surface area contributed by atoms with E-state index in [-0.39, 0.29) is 0 Å². The van der Waals surface area contributed by atoms with E-state index in [0.29, 0.717) is 13.2 Å². The fourth-order valence-corrected chi connectivity index (χ4v) is 1.92. The Labute approximate surface area is 84.2 Å². The third kappa shape index (κ3) is 2.25. The highest BCUT2D eigenvalue weighted by molar-refractivity contribution is 5.71. The van der Waals surface area contributed by atoms with Gasteiger partial charge in [0.1, 0.15) is 5.60 Å². The maximum Gasteiger partial charge on any atom is 0.309 e. The lowest BCUT2D eigenvalue weighted by molar-refractivity contribution is -0.173. The summed E-state index contributed by atoms with van der Waals surface area (Å²) in [5.41, 5.74) is -0.612. The van der Waals surface area contributed by atoms with E-state index in [1.54, 1.807) is 14.0 Å². The van der Waals surface area contributed by atoms with Gasteiger partial charge < -0.3 is 14.6 Å². The molecule has 0 radical (unpaired) electrons. The van der Waals surface area contributed by atoms with Gasteiger partial charge in [-0.3, -0.25) is 4.79 Å². The Morgan fingerprint density at radius 2 is 2.36 bits per heavy atom. The molecule has 2 atom stereocenters. The first-order valence-electron chi connectivity index (χ1n) is 4.98. The van der Waals surface area contributed by atoms with Crippen LogP contribution >= 0.6 is 0 Å². The van der Waals surface area contributed by atoms with E-state index in [0.717, 1.165) is 19.3 Å². The number of carboxylic acids is 1. The van der Waals surface area contributed by atoms with Crippen molar-refractivity contribution >= 4 is 5.97 Å². The molecule has 1 N–H and O–H groups in total. The zero-order valence-corrected chi connectivity index (χ0v) is 8.78. The summed E-state index contributed by atoms with van der Waals surface area (Å²) in [6.07, 6.45) is 2.80. The van der Waals surface area contributed by atoms with Crippen molar-refractivity contribution in [1.29, 1.82) is 0 Å². The van der Waals surface area contributed by atoms with Crippen molar-refractivity contribution in [3.05, 3.63) is 0 Å². The molecular weight excluding hydrogens is 184 g/mol. The lowest BCUT2D eigenvalue weighted by atomic mass is 9.83. The molecule has 0 amide bonds. The monoisotopic (exact) mass is 202 g/mol. The molecule has 0 saturated carbocycles. The first-order valence-corrected chi connectivity index (χ1v) is 4.98. The van der Waals surface area contributed by atoms with E-state index in [4.69, 9.17) is 14.6 Å². The number of hydrogen-bond acceptors (Lipinski definition) is 3. The van der Waals surface area contributed by atoms with E-state index in [1.807, 2.05) is 0 Å². The van der Waals surface area contributed by atoms with Crippen LogP contribution in [0.4, 0.5) is 0 Å². The number of hydrogen-bond donors (Lipinski definition) is 1. The summed E-state index contributed by atoms with van der Waals surface area (Å²) in [5.74, 6) is -1.33. The van der Waals surface area contributed by atoms with Crippen molar-refractivity contribution in [3.63, 3.8) is 0 Å². The summed E-state index contributed by atoms with van der Waals surface area (Å²) in [6.45, 7) is 2.69. The van der Waals surface area contributed by atoms with Crippen molar-refractivity contribution in [2.24, 2.45) is 5.92 Å². The van der Waals surface area contributed by atoms with Gasteiger partial charge in [-0.25, -0.2) is 0 Å². The van der Waals surface area contributed by atoms with E-state index in [1.165, 1.54) is 0 Å². The number of carboxylic acid groups (broad SMARTS) is 1. The number of aliphatic carboxylic acids is 1. The maximum absolute atomic E-state index is 10.9. The standard InChI is InChI=1S/C10H18O4/c1-8(9(11)12)10(7-13-2)5-3-4-6-14-10/h8H,3-7H2,1-2H3,(H,11,12). The van der Waals surface area contributed by atoms with Gasteiger partial charge in [0.15, 0.2) is 0 Å². The third-order valence-corrected chi connectivity index (χ3v) is 2.93. The second-order valence-electron chi connectivity index (χ2n) is 3.86. The zero-order valence-electron chi connectivity index (χ0n) is 8.78. The Kier molecular flexibility index (Phi) is 3.89. The molecule has 0 aromatic heterocycles. The molecule has 1 aliphatic heterocycles. The van der Waals surface area contributed by atoms with Crippen LogP contribution in [0.5, 0.6) is 0 Å². The molecular formula is C10H18O4. The first-order chi connectivity index (χ1) is 6.62. The summed E-state index contributed by atoms with van der Waals surface area (Å²) in [6, 6.07) is 0. The van der Waals surface area contributed by atoms with Gasteiger partial charge in [-0.2, -0.15) is 0 Å². The fourth-order valence-electron chi connectivity index (χ4n) is 1.92. The highest BCUT2D eigenvalue weighted by Gasteiger charge is 2.42. The summed E-state index contributed by atoms with van der Waals surface area (Å²) >= 11 is 0. The van der Waals surface area contributed by atoms with Gasteiger partial charge in [0, 0.05) is 13.7 Å². The minimum absolute atomic E-state index is 0.362. The quantitative estimate of drug-likeness (QED) is 0.746. The average Bonchev–Trinajstić information content (AvgIpc) is 2.18. The molecule has 4 nitrogen and oxygen atoms in total. The molecule has 1 aliphatic rings. The Morgan fingerprint density at radius 3 is 2.79 bits per heavy atom. The van der Waals surface area contributed by atoms with Crippen LogP contribution in [0.1, 0.15) is 26.2 Å². The van der Waals surface area contributed by atoms with E-state index in [9.17, 15) is 4.79 Å². The summed E-state index contributed by atoms with van der Waals surface area (Å²) < 4.78 is 10.7. The lowest BCUT2D eigenvalue weighted by Gasteiger charge is -2.39. The van der Waals surface area contributed by atoms with Crippen LogP contribution in [-0.2, 0) is 14.3 Å². The van der Waals surface area contributed by atoms with Gasteiger partial charge in [0.05, 0.1) is 12.5 Å². The minimum Gasteiger partial charge on any atom is -0.481 e. The van der Waals surface area contributed by atoms with Crippen molar-refractivity contribution in [3.8, 4) is 0 Å². The third-order valence-electron chi connectivity index (χ3n) is 2.93. The van der Waals surface area contributed by atoms with Crippen molar-refractivity contribution in [2.45, 2.75) is 31.8 Å². The Hall–Kier alpha value is -0.610. The highest BCUT2D eigenvalue weighted by Crippen LogP contribution is 2.32. The van der Waals surface area contributed by atoms with Gasteiger partial charge in [-0.15, -0.1) is 0 Å². The normalized spacial score (nSPS) is 29.9. The topological polar surface area (TPSA) is 55.8 Å². The number of ether oxygens (including phenoxy) is 2. The molecule has 2 unspecified atom stereocenters. The molecule has 0 aromatic rings. The Balaban J connectivity index is 2.73. The van der Waals surface area contributed by atoms with Crippen LogP contribution < -0.4 is 0 Å².